The molecule has 0 aliphatic carbocycles. The Bertz CT molecular complexity index is 439. The van der Waals surface area contributed by atoms with Crippen molar-refractivity contribution in [2.24, 2.45) is 0 Å². The number of hydrogen-bond acceptors (Lipinski definition) is 3. The minimum atomic E-state index is -0.849. The highest BCUT2D eigenvalue weighted by atomic mass is 16.4. The van der Waals surface area contributed by atoms with E-state index in [1.807, 2.05) is 20.8 Å². The Balaban J connectivity index is 2.81. The number of hydrogen-bond donors (Lipinski definition) is 1. The molecule has 1 aromatic rings. The van der Waals surface area contributed by atoms with E-state index in [1.165, 1.54) is 6.20 Å². The number of rotatable bonds is 6. The van der Waals surface area contributed by atoms with E-state index in [-0.39, 0.29) is 18.2 Å². The first-order chi connectivity index (χ1) is 8.99. The molecule has 1 rings (SSSR count). The van der Waals surface area contributed by atoms with Crippen molar-refractivity contribution in [1.82, 2.24) is 9.88 Å². The molecule has 0 bridgehead atoms. The number of pyridine rings is 1. The molecular weight excluding hydrogens is 244 g/mol. The summed E-state index contributed by atoms with van der Waals surface area (Å²) in [5.74, 6) is -1.05. The van der Waals surface area contributed by atoms with E-state index in [4.69, 9.17) is 5.11 Å². The van der Waals surface area contributed by atoms with Crippen LogP contribution in [0, 0.1) is 0 Å². The molecule has 0 unspecified atom stereocenters. The van der Waals surface area contributed by atoms with Crippen molar-refractivity contribution in [1.29, 1.82) is 0 Å². The molecule has 1 N–H and O–H groups in total. The number of aliphatic carboxylic acids is 1. The Morgan fingerprint density at radius 1 is 1.32 bits per heavy atom. The summed E-state index contributed by atoms with van der Waals surface area (Å²) in [7, 11) is 0. The maximum Gasteiger partial charge on any atom is 0.304 e. The summed E-state index contributed by atoms with van der Waals surface area (Å²) < 4.78 is 0. The van der Waals surface area contributed by atoms with Crippen LogP contribution in [0.15, 0.2) is 18.3 Å². The van der Waals surface area contributed by atoms with E-state index >= 15 is 0 Å². The van der Waals surface area contributed by atoms with Gasteiger partial charge in [-0.25, -0.2) is 0 Å². The number of carbonyl (C=O) groups is 2. The van der Waals surface area contributed by atoms with Crippen LogP contribution in [0.2, 0.25) is 0 Å². The van der Waals surface area contributed by atoms with Crippen molar-refractivity contribution in [3.63, 3.8) is 0 Å². The van der Waals surface area contributed by atoms with Crippen molar-refractivity contribution in [3.05, 3.63) is 29.6 Å². The van der Waals surface area contributed by atoms with Gasteiger partial charge in [0.2, 0.25) is 0 Å². The van der Waals surface area contributed by atoms with Gasteiger partial charge in [0.15, 0.2) is 0 Å². The fraction of sp³-hybridized carbons (Fsp3) is 0.500. The lowest BCUT2D eigenvalue weighted by Crippen LogP contribution is -2.30. The lowest BCUT2D eigenvalue weighted by atomic mass is 10.0. The quantitative estimate of drug-likeness (QED) is 0.854. The van der Waals surface area contributed by atoms with Crippen LogP contribution in [0.3, 0.4) is 0 Å². The first-order valence-corrected chi connectivity index (χ1v) is 6.46. The Hall–Kier alpha value is -1.91. The summed E-state index contributed by atoms with van der Waals surface area (Å²) in [5.41, 5.74) is 1.23. The second-order valence-corrected chi connectivity index (χ2v) is 4.45. The summed E-state index contributed by atoms with van der Waals surface area (Å²) in [6, 6.07) is 3.44. The van der Waals surface area contributed by atoms with E-state index in [9.17, 15) is 9.59 Å². The molecule has 0 fully saturated rings. The molecule has 1 atom stereocenters. The normalized spacial score (nSPS) is 11.9. The van der Waals surface area contributed by atoms with Crippen LogP contribution < -0.4 is 0 Å². The molecule has 0 aliphatic rings. The molecule has 1 amide bonds. The maximum absolute atomic E-state index is 12.1. The molecule has 0 spiro atoms. The van der Waals surface area contributed by atoms with E-state index in [0.29, 0.717) is 24.3 Å². The average molecular weight is 264 g/mol. The van der Waals surface area contributed by atoms with Gasteiger partial charge in [-0.05, 0) is 26.0 Å². The Morgan fingerprint density at radius 3 is 2.37 bits per heavy atom. The largest absolute Gasteiger partial charge is 0.481 e. The third kappa shape index (κ3) is 4.05. The highest BCUT2D eigenvalue weighted by Gasteiger charge is 2.15. The van der Waals surface area contributed by atoms with Crippen LogP contribution in [0.4, 0.5) is 0 Å². The zero-order valence-electron chi connectivity index (χ0n) is 11.6. The first-order valence-electron chi connectivity index (χ1n) is 6.46. The molecule has 0 aliphatic heterocycles. The summed E-state index contributed by atoms with van der Waals surface area (Å²) in [6.45, 7) is 6.98. The van der Waals surface area contributed by atoms with Gasteiger partial charge in [0.25, 0.3) is 5.91 Å². The standard InChI is InChI=1S/C14H20N2O3/c1-4-16(5-2)14(19)11-6-7-12(15-9-11)10(3)8-13(17)18/h6-7,9-10H,4-5,8H2,1-3H3,(H,17,18)/t10-/m0/s1. The summed E-state index contributed by atoms with van der Waals surface area (Å²) in [6.07, 6.45) is 1.56. The van der Waals surface area contributed by atoms with Gasteiger partial charge in [-0.1, -0.05) is 6.92 Å². The molecular formula is C14H20N2O3. The van der Waals surface area contributed by atoms with E-state index in [2.05, 4.69) is 4.98 Å². The lowest BCUT2D eigenvalue weighted by molar-refractivity contribution is -0.137. The van der Waals surface area contributed by atoms with Gasteiger partial charge >= 0.3 is 5.97 Å². The van der Waals surface area contributed by atoms with Crippen LogP contribution in [-0.2, 0) is 4.79 Å². The summed E-state index contributed by atoms with van der Waals surface area (Å²) >= 11 is 0. The lowest BCUT2D eigenvalue weighted by Gasteiger charge is -2.18. The zero-order valence-corrected chi connectivity index (χ0v) is 11.6. The van der Waals surface area contributed by atoms with Gasteiger partial charge in [0.05, 0.1) is 12.0 Å². The molecule has 5 heteroatoms. The van der Waals surface area contributed by atoms with Gasteiger partial charge in [-0.2, -0.15) is 0 Å². The monoisotopic (exact) mass is 264 g/mol. The second-order valence-electron chi connectivity index (χ2n) is 4.45. The third-order valence-electron chi connectivity index (χ3n) is 3.07. The fourth-order valence-electron chi connectivity index (χ4n) is 1.88. The Labute approximate surface area is 113 Å². The smallest absolute Gasteiger partial charge is 0.304 e. The third-order valence-corrected chi connectivity index (χ3v) is 3.07. The number of carboxylic acid groups (broad SMARTS) is 1. The topological polar surface area (TPSA) is 70.5 Å². The van der Waals surface area contributed by atoms with Crippen LogP contribution in [0.1, 0.15) is 49.2 Å². The SMILES string of the molecule is CCN(CC)C(=O)c1ccc([C@@H](C)CC(=O)O)nc1. The van der Waals surface area contributed by atoms with Gasteiger partial charge in [0.1, 0.15) is 0 Å². The molecule has 104 valence electrons. The zero-order chi connectivity index (χ0) is 14.4. The van der Waals surface area contributed by atoms with Crippen LogP contribution in [0.5, 0.6) is 0 Å². The number of aromatic nitrogens is 1. The fourth-order valence-corrected chi connectivity index (χ4v) is 1.88. The number of carbonyl (C=O) groups excluding carboxylic acids is 1. The molecule has 0 aromatic carbocycles. The van der Waals surface area contributed by atoms with E-state index in [1.54, 1.807) is 17.0 Å². The minimum Gasteiger partial charge on any atom is -0.481 e. The Morgan fingerprint density at radius 2 is 1.95 bits per heavy atom. The highest BCUT2D eigenvalue weighted by Crippen LogP contribution is 2.17. The van der Waals surface area contributed by atoms with Crippen molar-refractivity contribution in [2.75, 3.05) is 13.1 Å². The number of carboxylic acids is 1. The molecule has 0 radical (unpaired) electrons. The molecule has 0 saturated carbocycles. The number of amides is 1. The van der Waals surface area contributed by atoms with Crippen molar-refractivity contribution in [3.8, 4) is 0 Å². The predicted octanol–water partition coefficient (Wildman–Crippen LogP) is 2.14. The first kappa shape index (κ1) is 15.1. The summed E-state index contributed by atoms with van der Waals surface area (Å²) in [4.78, 5) is 28.6. The van der Waals surface area contributed by atoms with Crippen molar-refractivity contribution >= 4 is 11.9 Å². The van der Waals surface area contributed by atoms with Crippen LogP contribution in [-0.4, -0.2) is 40.0 Å². The second kappa shape index (κ2) is 6.87. The van der Waals surface area contributed by atoms with Gasteiger partial charge in [0, 0.05) is 30.9 Å². The number of nitrogens with zero attached hydrogens (tertiary/aromatic N) is 2. The van der Waals surface area contributed by atoms with Crippen molar-refractivity contribution < 1.29 is 14.7 Å². The molecule has 0 saturated heterocycles. The van der Waals surface area contributed by atoms with Gasteiger partial charge < -0.3 is 10.0 Å². The summed E-state index contributed by atoms with van der Waals surface area (Å²) in [5, 5.41) is 8.74. The van der Waals surface area contributed by atoms with Crippen LogP contribution >= 0.6 is 0 Å². The predicted molar refractivity (Wildman–Crippen MR) is 72.2 cm³/mol. The van der Waals surface area contributed by atoms with Crippen molar-refractivity contribution in [2.45, 2.75) is 33.1 Å². The van der Waals surface area contributed by atoms with Gasteiger partial charge in [-0.15, -0.1) is 0 Å². The highest BCUT2D eigenvalue weighted by molar-refractivity contribution is 5.93. The van der Waals surface area contributed by atoms with E-state index < -0.39 is 5.97 Å². The molecule has 1 aromatic heterocycles. The maximum atomic E-state index is 12.1. The average Bonchev–Trinajstić information content (AvgIpc) is 2.39. The molecule has 1 heterocycles. The van der Waals surface area contributed by atoms with Crippen LogP contribution in [0.25, 0.3) is 0 Å². The molecule has 5 nitrogen and oxygen atoms in total. The Kier molecular flexibility index (Phi) is 5.48. The molecule has 19 heavy (non-hydrogen) atoms. The van der Waals surface area contributed by atoms with Gasteiger partial charge in [-0.3, -0.25) is 14.6 Å². The minimum absolute atomic E-state index is 0.0380. The van der Waals surface area contributed by atoms with E-state index in [0.717, 1.165) is 0 Å².